The summed E-state index contributed by atoms with van der Waals surface area (Å²) in [4.78, 5) is 21.2. The standard InChI is InChI=1S/C21H25ClN4O4S/c22-17-6-7-20(23-14-17)25-8-10-26(11-9-25)21(27)16-3-1-5-19(13-16)31(28,29)24-15-18-4-2-12-30-18/h1,3,5-7,13-14,18,24H,2,4,8-12,15H2. The number of carbonyl (C=O) groups excluding carboxylic acids is 1. The molecule has 1 aromatic carbocycles. The van der Waals surface area contributed by atoms with Crippen LogP contribution in [0.4, 0.5) is 5.82 Å². The number of pyridine rings is 1. The number of piperazine rings is 1. The van der Waals surface area contributed by atoms with Crippen molar-refractivity contribution in [3.05, 3.63) is 53.2 Å². The number of hydrogen-bond donors (Lipinski definition) is 1. The Morgan fingerprint density at radius 2 is 2.00 bits per heavy atom. The molecular formula is C21H25ClN4O4S. The molecule has 1 aromatic heterocycles. The van der Waals surface area contributed by atoms with Crippen LogP contribution in [0.15, 0.2) is 47.5 Å². The largest absolute Gasteiger partial charge is 0.377 e. The van der Waals surface area contributed by atoms with Crippen LogP contribution in [0.2, 0.25) is 5.02 Å². The second kappa shape index (κ2) is 9.52. The average Bonchev–Trinajstić information content (AvgIpc) is 3.32. The smallest absolute Gasteiger partial charge is 0.254 e. The van der Waals surface area contributed by atoms with E-state index in [1.165, 1.54) is 12.1 Å². The minimum atomic E-state index is -3.71. The summed E-state index contributed by atoms with van der Waals surface area (Å²) >= 11 is 5.89. The third-order valence-electron chi connectivity index (χ3n) is 5.52. The number of nitrogens with one attached hydrogen (secondary N) is 1. The van der Waals surface area contributed by atoms with E-state index in [1.807, 2.05) is 6.07 Å². The number of hydrogen-bond acceptors (Lipinski definition) is 6. The maximum atomic E-state index is 13.0. The van der Waals surface area contributed by atoms with E-state index in [1.54, 1.807) is 29.3 Å². The van der Waals surface area contributed by atoms with E-state index in [2.05, 4.69) is 14.6 Å². The van der Waals surface area contributed by atoms with Gasteiger partial charge < -0.3 is 14.5 Å². The monoisotopic (exact) mass is 464 g/mol. The van der Waals surface area contributed by atoms with Crippen LogP contribution in [0.5, 0.6) is 0 Å². The number of nitrogens with zero attached hydrogens (tertiary/aromatic N) is 3. The summed E-state index contributed by atoms with van der Waals surface area (Å²) in [7, 11) is -3.71. The summed E-state index contributed by atoms with van der Waals surface area (Å²) in [5.41, 5.74) is 0.359. The lowest BCUT2D eigenvalue weighted by molar-refractivity contribution is 0.0746. The summed E-state index contributed by atoms with van der Waals surface area (Å²) < 4.78 is 33.4. The Labute approximate surface area is 187 Å². The zero-order valence-corrected chi connectivity index (χ0v) is 18.6. The summed E-state index contributed by atoms with van der Waals surface area (Å²) in [6.45, 7) is 3.23. The van der Waals surface area contributed by atoms with E-state index in [-0.39, 0.29) is 23.5 Å². The number of sulfonamides is 1. The lowest BCUT2D eigenvalue weighted by Crippen LogP contribution is -2.49. The first-order valence-corrected chi connectivity index (χ1v) is 12.2. The van der Waals surface area contributed by atoms with Crippen LogP contribution in [-0.4, -0.2) is 69.6 Å². The summed E-state index contributed by atoms with van der Waals surface area (Å²) in [5, 5.41) is 0.581. The fourth-order valence-corrected chi connectivity index (χ4v) is 4.99. The molecule has 2 aromatic rings. The van der Waals surface area contributed by atoms with Gasteiger partial charge in [-0.05, 0) is 43.2 Å². The lowest BCUT2D eigenvalue weighted by atomic mass is 10.2. The summed E-state index contributed by atoms with van der Waals surface area (Å²) in [6.07, 6.45) is 3.30. The first kappa shape index (κ1) is 22.0. The molecule has 0 bridgehead atoms. The molecule has 31 heavy (non-hydrogen) atoms. The average molecular weight is 465 g/mol. The molecule has 0 aliphatic carbocycles. The van der Waals surface area contributed by atoms with E-state index in [9.17, 15) is 13.2 Å². The van der Waals surface area contributed by atoms with Crippen LogP contribution in [-0.2, 0) is 14.8 Å². The predicted molar refractivity (Wildman–Crippen MR) is 118 cm³/mol. The number of rotatable bonds is 6. The molecule has 0 spiro atoms. The van der Waals surface area contributed by atoms with Crippen LogP contribution in [0.3, 0.4) is 0 Å². The Morgan fingerprint density at radius 3 is 2.68 bits per heavy atom. The van der Waals surface area contributed by atoms with E-state index in [4.69, 9.17) is 16.3 Å². The number of carbonyl (C=O) groups is 1. The van der Waals surface area contributed by atoms with E-state index >= 15 is 0 Å². The first-order chi connectivity index (χ1) is 14.9. The van der Waals surface area contributed by atoms with Crippen molar-refractivity contribution in [2.75, 3.05) is 44.2 Å². The molecular weight excluding hydrogens is 440 g/mol. The van der Waals surface area contributed by atoms with Gasteiger partial charge in [0.15, 0.2) is 0 Å². The third kappa shape index (κ3) is 5.35. The maximum absolute atomic E-state index is 13.0. The number of ether oxygens (including phenoxy) is 1. The SMILES string of the molecule is O=C(c1cccc(S(=O)(=O)NCC2CCCO2)c1)N1CCN(c2ccc(Cl)cn2)CC1. The highest BCUT2D eigenvalue weighted by Gasteiger charge is 2.25. The molecule has 1 N–H and O–H groups in total. The van der Waals surface area contributed by atoms with E-state index in [0.29, 0.717) is 43.4 Å². The van der Waals surface area contributed by atoms with Crippen LogP contribution in [0.25, 0.3) is 0 Å². The van der Waals surface area contributed by atoms with Gasteiger partial charge in [0.1, 0.15) is 5.82 Å². The van der Waals surface area contributed by atoms with Gasteiger partial charge in [-0.25, -0.2) is 18.1 Å². The molecule has 10 heteroatoms. The van der Waals surface area contributed by atoms with Crippen molar-refractivity contribution in [3.8, 4) is 0 Å². The van der Waals surface area contributed by atoms with Gasteiger partial charge in [-0.15, -0.1) is 0 Å². The number of anilines is 1. The van der Waals surface area contributed by atoms with Crippen LogP contribution >= 0.6 is 11.6 Å². The summed E-state index contributed by atoms with van der Waals surface area (Å²) in [5.74, 6) is 0.641. The Bertz CT molecular complexity index is 1020. The maximum Gasteiger partial charge on any atom is 0.254 e. The zero-order chi connectivity index (χ0) is 21.8. The highest BCUT2D eigenvalue weighted by molar-refractivity contribution is 7.89. The van der Waals surface area contributed by atoms with Crippen molar-refractivity contribution in [2.24, 2.45) is 0 Å². The Hall–Kier alpha value is -2.20. The molecule has 2 aliphatic heterocycles. The molecule has 4 rings (SSSR count). The van der Waals surface area contributed by atoms with Crippen LogP contribution in [0, 0.1) is 0 Å². The van der Waals surface area contributed by atoms with Gasteiger partial charge >= 0.3 is 0 Å². The topological polar surface area (TPSA) is 91.8 Å². The minimum absolute atomic E-state index is 0.0837. The highest BCUT2D eigenvalue weighted by Crippen LogP contribution is 2.19. The lowest BCUT2D eigenvalue weighted by Gasteiger charge is -2.35. The van der Waals surface area contributed by atoms with E-state index < -0.39 is 10.0 Å². The Kier molecular flexibility index (Phi) is 6.76. The first-order valence-electron chi connectivity index (χ1n) is 10.3. The molecule has 2 fully saturated rings. The van der Waals surface area contributed by atoms with Crippen molar-refractivity contribution in [1.82, 2.24) is 14.6 Å². The van der Waals surface area contributed by atoms with Crippen molar-refractivity contribution in [2.45, 2.75) is 23.8 Å². The fraction of sp³-hybridized carbons (Fsp3) is 0.429. The molecule has 0 saturated carbocycles. The molecule has 1 atom stereocenters. The van der Waals surface area contributed by atoms with Crippen molar-refractivity contribution in [1.29, 1.82) is 0 Å². The quantitative estimate of drug-likeness (QED) is 0.704. The van der Waals surface area contributed by atoms with Gasteiger partial charge in [-0.2, -0.15) is 0 Å². The second-order valence-corrected chi connectivity index (χ2v) is 9.83. The molecule has 0 radical (unpaired) electrons. The second-order valence-electron chi connectivity index (χ2n) is 7.63. The molecule has 166 valence electrons. The number of amides is 1. The van der Waals surface area contributed by atoms with Crippen LogP contribution in [0.1, 0.15) is 23.2 Å². The van der Waals surface area contributed by atoms with Crippen molar-refractivity contribution in [3.63, 3.8) is 0 Å². The van der Waals surface area contributed by atoms with Gasteiger partial charge in [0.25, 0.3) is 5.91 Å². The van der Waals surface area contributed by atoms with Gasteiger partial charge in [-0.3, -0.25) is 4.79 Å². The molecule has 2 aliphatic rings. The number of benzene rings is 1. The zero-order valence-electron chi connectivity index (χ0n) is 17.0. The minimum Gasteiger partial charge on any atom is -0.377 e. The van der Waals surface area contributed by atoms with Gasteiger partial charge in [0, 0.05) is 51.1 Å². The molecule has 1 amide bonds. The van der Waals surface area contributed by atoms with Gasteiger partial charge in [0.2, 0.25) is 10.0 Å². The number of halogens is 1. The highest BCUT2D eigenvalue weighted by atomic mass is 35.5. The molecule has 3 heterocycles. The predicted octanol–water partition coefficient (Wildman–Crippen LogP) is 2.15. The summed E-state index contributed by atoms with van der Waals surface area (Å²) in [6, 6.07) is 9.83. The molecule has 1 unspecified atom stereocenters. The van der Waals surface area contributed by atoms with Crippen LogP contribution < -0.4 is 9.62 Å². The van der Waals surface area contributed by atoms with Crippen molar-refractivity contribution < 1.29 is 17.9 Å². The Morgan fingerprint density at radius 1 is 1.19 bits per heavy atom. The van der Waals surface area contributed by atoms with Gasteiger partial charge in [-0.1, -0.05) is 17.7 Å². The number of aromatic nitrogens is 1. The normalized spacial score (nSPS) is 19.6. The van der Waals surface area contributed by atoms with E-state index in [0.717, 1.165) is 18.7 Å². The third-order valence-corrected chi connectivity index (χ3v) is 7.16. The molecule has 8 nitrogen and oxygen atoms in total. The fourth-order valence-electron chi connectivity index (χ4n) is 3.76. The Balaban J connectivity index is 1.38. The van der Waals surface area contributed by atoms with Gasteiger partial charge in [0.05, 0.1) is 16.0 Å². The molecule has 2 saturated heterocycles. The van der Waals surface area contributed by atoms with Crippen molar-refractivity contribution >= 4 is 33.3 Å².